The Labute approximate surface area is 175 Å². The van der Waals surface area contributed by atoms with Crippen molar-refractivity contribution < 1.29 is 9.53 Å². The first-order valence-corrected chi connectivity index (χ1v) is 10.4. The van der Waals surface area contributed by atoms with Crippen LogP contribution in [0.15, 0.2) is 53.3 Å². The Hall–Kier alpha value is -3.12. The molecule has 6 heteroatoms. The van der Waals surface area contributed by atoms with Crippen molar-refractivity contribution >= 4 is 22.6 Å². The van der Waals surface area contributed by atoms with Gasteiger partial charge < -0.3 is 19.9 Å². The summed E-state index contributed by atoms with van der Waals surface area (Å²) in [7, 11) is 0. The van der Waals surface area contributed by atoms with E-state index >= 15 is 0 Å². The van der Waals surface area contributed by atoms with Gasteiger partial charge in [0.05, 0.1) is 18.2 Å². The molecule has 0 bridgehead atoms. The number of pyridine rings is 1. The zero-order valence-corrected chi connectivity index (χ0v) is 17.4. The molecule has 1 fully saturated rings. The zero-order valence-electron chi connectivity index (χ0n) is 17.4. The van der Waals surface area contributed by atoms with Crippen LogP contribution in [0.2, 0.25) is 0 Å². The van der Waals surface area contributed by atoms with Crippen molar-refractivity contribution in [2.75, 3.05) is 18.5 Å². The van der Waals surface area contributed by atoms with Crippen LogP contribution in [0, 0.1) is 13.8 Å². The quantitative estimate of drug-likeness (QED) is 0.662. The van der Waals surface area contributed by atoms with Crippen molar-refractivity contribution in [1.82, 2.24) is 9.88 Å². The van der Waals surface area contributed by atoms with Crippen LogP contribution in [0.1, 0.15) is 29.5 Å². The summed E-state index contributed by atoms with van der Waals surface area (Å²) in [4.78, 5) is 30.5. The lowest BCUT2D eigenvalue weighted by Crippen LogP contribution is -2.40. The van der Waals surface area contributed by atoms with Crippen LogP contribution in [0.3, 0.4) is 0 Å². The molecule has 3 aromatic rings. The van der Waals surface area contributed by atoms with Crippen LogP contribution in [0.5, 0.6) is 0 Å². The first kappa shape index (κ1) is 20.2. The molecule has 1 aliphatic heterocycles. The number of nitrogens with zero attached hydrogens (tertiary/aromatic N) is 1. The SMILES string of the molecule is Cc1ccc2cc(CN(CC3CCCO3)C(=O)Nc3ccccc3)c(=O)[nH]c2c1C. The van der Waals surface area contributed by atoms with Crippen LogP contribution in [-0.4, -0.2) is 35.2 Å². The number of hydrogen-bond donors (Lipinski definition) is 2. The number of para-hydroxylation sites is 1. The van der Waals surface area contributed by atoms with Crippen molar-refractivity contribution in [1.29, 1.82) is 0 Å². The fourth-order valence-corrected chi connectivity index (χ4v) is 3.87. The molecule has 1 saturated heterocycles. The van der Waals surface area contributed by atoms with Crippen molar-refractivity contribution in [3.63, 3.8) is 0 Å². The van der Waals surface area contributed by atoms with Crippen LogP contribution >= 0.6 is 0 Å². The van der Waals surface area contributed by atoms with E-state index in [0.29, 0.717) is 18.7 Å². The number of hydrogen-bond acceptors (Lipinski definition) is 3. The Morgan fingerprint density at radius 2 is 2.00 bits per heavy atom. The Morgan fingerprint density at radius 3 is 2.73 bits per heavy atom. The standard InChI is InChI=1S/C24H27N3O3/c1-16-10-11-18-13-19(23(28)26-22(18)17(16)2)14-27(15-21-9-6-12-30-21)24(29)25-20-7-4-3-5-8-20/h3-5,7-8,10-11,13,21H,6,9,12,14-15H2,1-2H3,(H,25,29)(H,26,28). The normalized spacial score (nSPS) is 16.0. The predicted octanol–water partition coefficient (Wildman–Crippen LogP) is 4.36. The van der Waals surface area contributed by atoms with E-state index in [2.05, 4.69) is 10.3 Å². The lowest BCUT2D eigenvalue weighted by Gasteiger charge is -2.26. The van der Waals surface area contributed by atoms with Gasteiger partial charge in [-0.05, 0) is 61.4 Å². The number of aromatic amines is 1. The average molecular weight is 405 g/mol. The maximum atomic E-state index is 13.0. The van der Waals surface area contributed by atoms with Gasteiger partial charge in [-0.25, -0.2) is 4.79 Å². The number of ether oxygens (including phenoxy) is 1. The van der Waals surface area contributed by atoms with Gasteiger partial charge in [-0.3, -0.25) is 4.79 Å². The van der Waals surface area contributed by atoms with Gasteiger partial charge in [-0.15, -0.1) is 0 Å². The summed E-state index contributed by atoms with van der Waals surface area (Å²) in [6, 6.07) is 15.0. The van der Waals surface area contributed by atoms with Gasteiger partial charge in [0.2, 0.25) is 0 Å². The summed E-state index contributed by atoms with van der Waals surface area (Å²) >= 11 is 0. The summed E-state index contributed by atoms with van der Waals surface area (Å²) in [5.41, 5.74) is 4.16. The van der Waals surface area contributed by atoms with E-state index in [-0.39, 0.29) is 24.2 Å². The van der Waals surface area contributed by atoms with Crippen molar-refractivity contribution in [3.05, 3.63) is 75.6 Å². The van der Waals surface area contributed by atoms with Gasteiger partial charge >= 0.3 is 6.03 Å². The molecule has 2 aromatic carbocycles. The molecule has 6 nitrogen and oxygen atoms in total. The highest BCUT2D eigenvalue weighted by molar-refractivity contribution is 5.89. The largest absolute Gasteiger partial charge is 0.376 e. The molecule has 0 aliphatic carbocycles. The molecule has 0 saturated carbocycles. The second kappa shape index (κ2) is 8.71. The van der Waals surface area contributed by atoms with Crippen LogP contribution in [-0.2, 0) is 11.3 Å². The van der Waals surface area contributed by atoms with Gasteiger partial charge in [0, 0.05) is 24.4 Å². The molecule has 2 N–H and O–H groups in total. The predicted molar refractivity (Wildman–Crippen MR) is 119 cm³/mol. The van der Waals surface area contributed by atoms with Gasteiger partial charge in [-0.1, -0.05) is 30.3 Å². The Bertz CT molecular complexity index is 1100. The number of carbonyl (C=O) groups is 1. The minimum atomic E-state index is -0.240. The van der Waals surface area contributed by atoms with Crippen LogP contribution in [0.25, 0.3) is 10.9 Å². The zero-order chi connectivity index (χ0) is 21.1. The van der Waals surface area contributed by atoms with Crippen molar-refractivity contribution in [2.45, 2.75) is 39.3 Å². The molecule has 156 valence electrons. The molecule has 0 radical (unpaired) electrons. The number of nitrogens with one attached hydrogen (secondary N) is 2. The fourth-order valence-electron chi connectivity index (χ4n) is 3.87. The van der Waals surface area contributed by atoms with Crippen molar-refractivity contribution in [3.8, 4) is 0 Å². The van der Waals surface area contributed by atoms with Crippen LogP contribution in [0.4, 0.5) is 10.5 Å². The first-order chi connectivity index (χ1) is 14.5. The third-order valence-corrected chi connectivity index (χ3v) is 5.75. The van der Waals surface area contributed by atoms with Gasteiger partial charge in [0.25, 0.3) is 5.56 Å². The number of amides is 2. The van der Waals surface area contributed by atoms with E-state index in [0.717, 1.165) is 40.6 Å². The highest BCUT2D eigenvalue weighted by Gasteiger charge is 2.24. The maximum absolute atomic E-state index is 13.0. The fraction of sp³-hybridized carbons (Fsp3) is 0.333. The number of aromatic nitrogens is 1. The Balaban J connectivity index is 1.62. The molecular weight excluding hydrogens is 378 g/mol. The molecule has 30 heavy (non-hydrogen) atoms. The molecule has 2 amide bonds. The summed E-state index contributed by atoms with van der Waals surface area (Å²) in [5.74, 6) is 0. The lowest BCUT2D eigenvalue weighted by atomic mass is 10.0. The van der Waals surface area contributed by atoms with E-state index in [4.69, 9.17) is 4.74 Å². The first-order valence-electron chi connectivity index (χ1n) is 10.4. The Kier molecular flexibility index (Phi) is 5.86. The molecule has 2 heterocycles. The highest BCUT2D eigenvalue weighted by Crippen LogP contribution is 2.20. The molecule has 1 aliphatic rings. The van der Waals surface area contributed by atoms with Gasteiger partial charge in [0.1, 0.15) is 0 Å². The lowest BCUT2D eigenvalue weighted by molar-refractivity contribution is 0.0818. The number of benzene rings is 2. The smallest absolute Gasteiger partial charge is 0.322 e. The molecular formula is C24H27N3O3. The summed E-state index contributed by atoms with van der Waals surface area (Å²) in [5, 5.41) is 3.89. The van der Waals surface area contributed by atoms with Crippen LogP contribution < -0.4 is 10.9 Å². The topological polar surface area (TPSA) is 74.4 Å². The second-order valence-electron chi connectivity index (χ2n) is 7.91. The summed E-state index contributed by atoms with van der Waals surface area (Å²) in [6.07, 6.45) is 1.91. The number of aryl methyl sites for hydroxylation is 2. The minimum absolute atomic E-state index is 0.00374. The monoisotopic (exact) mass is 405 g/mol. The second-order valence-corrected chi connectivity index (χ2v) is 7.91. The van der Waals surface area contributed by atoms with E-state index in [1.165, 1.54) is 0 Å². The molecule has 1 atom stereocenters. The number of carbonyl (C=O) groups excluding carboxylic acids is 1. The van der Waals surface area contributed by atoms with E-state index in [1.54, 1.807) is 4.90 Å². The van der Waals surface area contributed by atoms with Crippen molar-refractivity contribution in [2.24, 2.45) is 0 Å². The van der Waals surface area contributed by atoms with E-state index in [1.807, 2.05) is 62.4 Å². The Morgan fingerprint density at radius 1 is 1.20 bits per heavy atom. The third-order valence-electron chi connectivity index (χ3n) is 5.75. The highest BCUT2D eigenvalue weighted by atomic mass is 16.5. The van der Waals surface area contributed by atoms with E-state index in [9.17, 15) is 9.59 Å². The number of H-pyrrole nitrogens is 1. The summed E-state index contributed by atoms with van der Waals surface area (Å²) in [6.45, 7) is 5.41. The number of rotatable bonds is 5. The average Bonchev–Trinajstić information content (AvgIpc) is 3.25. The van der Waals surface area contributed by atoms with Gasteiger partial charge in [0.15, 0.2) is 0 Å². The number of anilines is 1. The third kappa shape index (κ3) is 4.39. The molecule has 4 rings (SSSR count). The minimum Gasteiger partial charge on any atom is -0.376 e. The maximum Gasteiger partial charge on any atom is 0.322 e. The number of urea groups is 1. The molecule has 0 spiro atoms. The molecule has 1 aromatic heterocycles. The molecule has 1 unspecified atom stereocenters. The summed E-state index contributed by atoms with van der Waals surface area (Å²) < 4.78 is 5.74. The van der Waals surface area contributed by atoms with Gasteiger partial charge in [-0.2, -0.15) is 0 Å². The number of fused-ring (bicyclic) bond motifs is 1. The van der Waals surface area contributed by atoms with E-state index < -0.39 is 0 Å².